The number of allylic oxidation sites excluding steroid dienone is 1. The van der Waals surface area contributed by atoms with Crippen LogP contribution in [0.1, 0.15) is 24.4 Å². The van der Waals surface area contributed by atoms with Crippen molar-refractivity contribution in [2.24, 2.45) is 0 Å². The largest absolute Gasteiger partial charge is 0.497 e. The van der Waals surface area contributed by atoms with E-state index in [1.165, 1.54) is 6.39 Å². The summed E-state index contributed by atoms with van der Waals surface area (Å²) < 4.78 is 15.5. The fraction of sp³-hybridized carbons (Fsp3) is 0.353. The van der Waals surface area contributed by atoms with Crippen LogP contribution in [0.3, 0.4) is 0 Å². The van der Waals surface area contributed by atoms with E-state index in [1.807, 2.05) is 31.2 Å². The fourth-order valence-corrected chi connectivity index (χ4v) is 2.63. The van der Waals surface area contributed by atoms with E-state index in [0.29, 0.717) is 25.6 Å². The van der Waals surface area contributed by atoms with Crippen LogP contribution in [0.4, 0.5) is 0 Å². The summed E-state index contributed by atoms with van der Waals surface area (Å²) in [6.07, 6.45) is 2.87. The average Bonchev–Trinajstić information content (AvgIpc) is 3.16. The second kappa shape index (κ2) is 7.27. The molecule has 0 bridgehead atoms. The van der Waals surface area contributed by atoms with Crippen LogP contribution in [-0.2, 0) is 9.53 Å². The maximum Gasteiger partial charge on any atom is 0.247 e. The van der Waals surface area contributed by atoms with Gasteiger partial charge in [0.1, 0.15) is 11.8 Å². The van der Waals surface area contributed by atoms with Gasteiger partial charge in [-0.05, 0) is 30.2 Å². The van der Waals surface area contributed by atoms with Gasteiger partial charge < -0.3 is 18.9 Å². The molecule has 1 aliphatic rings. The molecule has 126 valence electrons. The van der Waals surface area contributed by atoms with E-state index in [-0.39, 0.29) is 11.9 Å². The van der Waals surface area contributed by atoms with E-state index in [1.54, 1.807) is 18.1 Å². The lowest BCUT2D eigenvalue weighted by molar-refractivity contribution is -0.135. The molecule has 7 heteroatoms. The standard InChI is InChI=1S/C17H19N3O4/c1-12(13-4-3-5-14(9-13)22-2)8-16(21)20-6-7-23-10-15(20)17-18-11-24-19-17/h3-5,8-9,11,15H,6-7,10H2,1-2H3/b12-8+. The molecule has 24 heavy (non-hydrogen) atoms. The number of hydrogen-bond donors (Lipinski definition) is 0. The summed E-state index contributed by atoms with van der Waals surface area (Å²) in [4.78, 5) is 18.5. The number of benzene rings is 1. The monoisotopic (exact) mass is 329 g/mol. The third kappa shape index (κ3) is 3.46. The average molecular weight is 329 g/mol. The SMILES string of the molecule is COc1cccc(/C(C)=C/C(=O)N2CCOCC2c2ncon2)c1. The van der Waals surface area contributed by atoms with Gasteiger partial charge in [-0.1, -0.05) is 17.3 Å². The van der Waals surface area contributed by atoms with Crippen molar-refractivity contribution < 1.29 is 18.8 Å². The van der Waals surface area contributed by atoms with Gasteiger partial charge in [0.25, 0.3) is 0 Å². The minimum atomic E-state index is -0.334. The van der Waals surface area contributed by atoms with Gasteiger partial charge in [0, 0.05) is 12.6 Å². The molecule has 0 spiro atoms. The predicted octanol–water partition coefficient (Wildman–Crippen LogP) is 2.08. The zero-order valence-electron chi connectivity index (χ0n) is 13.6. The minimum absolute atomic E-state index is 0.103. The summed E-state index contributed by atoms with van der Waals surface area (Å²) >= 11 is 0. The number of nitrogens with zero attached hydrogens (tertiary/aromatic N) is 3. The number of methoxy groups -OCH3 is 1. The molecule has 7 nitrogen and oxygen atoms in total. The van der Waals surface area contributed by atoms with Crippen molar-refractivity contribution in [1.82, 2.24) is 15.0 Å². The van der Waals surface area contributed by atoms with Crippen molar-refractivity contribution in [3.8, 4) is 5.75 Å². The molecule has 2 heterocycles. The van der Waals surface area contributed by atoms with Crippen LogP contribution in [0.5, 0.6) is 5.75 Å². The molecule has 2 aromatic rings. The first kappa shape index (κ1) is 16.2. The van der Waals surface area contributed by atoms with Crippen LogP contribution < -0.4 is 4.74 Å². The first-order valence-electron chi connectivity index (χ1n) is 7.66. The third-order valence-corrected chi connectivity index (χ3v) is 3.95. The first-order chi connectivity index (χ1) is 11.7. The van der Waals surface area contributed by atoms with Crippen molar-refractivity contribution in [2.75, 3.05) is 26.9 Å². The Labute approximate surface area is 139 Å². The van der Waals surface area contributed by atoms with E-state index in [4.69, 9.17) is 14.0 Å². The topological polar surface area (TPSA) is 77.7 Å². The molecule has 1 saturated heterocycles. The molecule has 0 saturated carbocycles. The highest BCUT2D eigenvalue weighted by Crippen LogP contribution is 2.24. The molecule has 1 amide bonds. The molecule has 0 radical (unpaired) electrons. The lowest BCUT2D eigenvalue weighted by atomic mass is 10.1. The molecule has 1 unspecified atom stereocenters. The molecule has 1 aromatic carbocycles. The van der Waals surface area contributed by atoms with Crippen LogP contribution >= 0.6 is 0 Å². The van der Waals surface area contributed by atoms with Crippen LogP contribution in [-0.4, -0.2) is 47.8 Å². The van der Waals surface area contributed by atoms with Crippen molar-refractivity contribution in [1.29, 1.82) is 0 Å². The lowest BCUT2D eigenvalue weighted by Crippen LogP contribution is -2.43. The van der Waals surface area contributed by atoms with Gasteiger partial charge in [-0.15, -0.1) is 0 Å². The van der Waals surface area contributed by atoms with Gasteiger partial charge in [-0.25, -0.2) is 0 Å². The molecular weight excluding hydrogens is 310 g/mol. The molecule has 1 aromatic heterocycles. The summed E-state index contributed by atoms with van der Waals surface area (Å²) in [6, 6.07) is 7.27. The Hall–Kier alpha value is -2.67. The van der Waals surface area contributed by atoms with Gasteiger partial charge in [-0.2, -0.15) is 4.98 Å². The summed E-state index contributed by atoms with van der Waals surface area (Å²) in [5.41, 5.74) is 1.80. The van der Waals surface area contributed by atoms with Gasteiger partial charge in [0.2, 0.25) is 12.3 Å². The number of hydrogen-bond acceptors (Lipinski definition) is 6. The highest BCUT2D eigenvalue weighted by Gasteiger charge is 2.30. The second-order valence-electron chi connectivity index (χ2n) is 5.47. The van der Waals surface area contributed by atoms with Crippen molar-refractivity contribution in [3.05, 3.63) is 48.1 Å². The summed E-state index contributed by atoms with van der Waals surface area (Å²) in [5.74, 6) is 1.10. The Balaban J connectivity index is 1.81. The van der Waals surface area contributed by atoms with E-state index in [2.05, 4.69) is 10.1 Å². The molecule has 3 rings (SSSR count). The Morgan fingerprint density at radius 1 is 1.46 bits per heavy atom. The van der Waals surface area contributed by atoms with Gasteiger partial charge in [0.15, 0.2) is 5.82 Å². The zero-order valence-corrected chi connectivity index (χ0v) is 13.6. The van der Waals surface area contributed by atoms with Crippen LogP contribution in [0.2, 0.25) is 0 Å². The van der Waals surface area contributed by atoms with E-state index in [0.717, 1.165) is 16.9 Å². The Morgan fingerprint density at radius 3 is 3.08 bits per heavy atom. The van der Waals surface area contributed by atoms with Gasteiger partial charge >= 0.3 is 0 Å². The second-order valence-corrected chi connectivity index (χ2v) is 5.47. The van der Waals surface area contributed by atoms with Gasteiger partial charge in [0.05, 0.1) is 20.3 Å². The Bertz CT molecular complexity index is 727. The fourth-order valence-electron chi connectivity index (χ4n) is 2.63. The lowest BCUT2D eigenvalue weighted by Gasteiger charge is -2.33. The molecule has 1 aliphatic heterocycles. The molecule has 0 aliphatic carbocycles. The molecule has 1 fully saturated rings. The van der Waals surface area contributed by atoms with Crippen molar-refractivity contribution in [3.63, 3.8) is 0 Å². The minimum Gasteiger partial charge on any atom is -0.497 e. The van der Waals surface area contributed by atoms with E-state index in [9.17, 15) is 4.79 Å². The molecule has 1 atom stereocenters. The van der Waals surface area contributed by atoms with E-state index < -0.39 is 0 Å². The predicted molar refractivity (Wildman–Crippen MR) is 86.2 cm³/mol. The van der Waals surface area contributed by atoms with E-state index >= 15 is 0 Å². The highest BCUT2D eigenvalue weighted by molar-refractivity contribution is 5.95. The number of ether oxygens (including phenoxy) is 2. The van der Waals surface area contributed by atoms with Crippen LogP contribution in [0, 0.1) is 0 Å². The quantitative estimate of drug-likeness (QED) is 0.799. The smallest absolute Gasteiger partial charge is 0.247 e. The number of amides is 1. The molecule has 0 N–H and O–H groups in total. The normalized spacial score (nSPS) is 18.5. The number of rotatable bonds is 4. The molecular formula is C17H19N3O4. The number of aromatic nitrogens is 2. The van der Waals surface area contributed by atoms with Crippen LogP contribution in [0.15, 0.2) is 41.3 Å². The zero-order chi connectivity index (χ0) is 16.9. The summed E-state index contributed by atoms with van der Waals surface area (Å²) in [6.45, 7) is 3.24. The number of carbonyl (C=O) groups is 1. The highest BCUT2D eigenvalue weighted by atomic mass is 16.5. The van der Waals surface area contributed by atoms with Crippen molar-refractivity contribution >= 4 is 11.5 Å². The Kier molecular flexibility index (Phi) is 4.90. The number of morpholine rings is 1. The third-order valence-electron chi connectivity index (χ3n) is 3.95. The van der Waals surface area contributed by atoms with Gasteiger partial charge in [-0.3, -0.25) is 4.79 Å². The Morgan fingerprint density at radius 2 is 2.33 bits per heavy atom. The maximum absolute atomic E-state index is 12.7. The summed E-state index contributed by atoms with van der Waals surface area (Å²) in [7, 11) is 1.62. The summed E-state index contributed by atoms with van der Waals surface area (Å²) in [5, 5.41) is 3.84. The first-order valence-corrected chi connectivity index (χ1v) is 7.66. The number of carbonyl (C=O) groups excluding carboxylic acids is 1. The maximum atomic E-state index is 12.7. The van der Waals surface area contributed by atoms with Crippen LogP contribution in [0.25, 0.3) is 5.57 Å². The van der Waals surface area contributed by atoms with Crippen molar-refractivity contribution in [2.45, 2.75) is 13.0 Å².